The number of hydrogen-bond acceptors (Lipinski definition) is 4. The molecular weight excluding hydrogens is 364 g/mol. The Bertz CT molecular complexity index is 471. The molecule has 0 radical (unpaired) electrons. The third-order valence-corrected chi connectivity index (χ3v) is 6.71. The molecule has 1 fully saturated rings. The second kappa shape index (κ2) is 14.2. The molecule has 1 saturated carbocycles. The standard InChI is InChI=1S/C25H46O4/c1-5-7-8-11-20(19-26)13-14-21-15-16-23(27)22(21)12-9-10-17-25(3,4)18-24(28)29-6-2/h20-22,26H,5-19H2,1-4H3/t20?,21-,22+/m0/s1. The van der Waals surface area contributed by atoms with E-state index in [1.807, 2.05) is 6.92 Å². The molecule has 1 unspecified atom stereocenters. The quantitative estimate of drug-likeness (QED) is 0.247. The number of aliphatic hydroxyl groups is 1. The number of aliphatic hydroxyl groups excluding tert-OH is 1. The minimum Gasteiger partial charge on any atom is -0.466 e. The van der Waals surface area contributed by atoms with Crippen molar-refractivity contribution in [1.82, 2.24) is 0 Å². The van der Waals surface area contributed by atoms with E-state index in [1.165, 1.54) is 19.3 Å². The van der Waals surface area contributed by atoms with Crippen LogP contribution in [-0.4, -0.2) is 30.1 Å². The monoisotopic (exact) mass is 410 g/mol. The summed E-state index contributed by atoms with van der Waals surface area (Å²) in [4.78, 5) is 24.1. The van der Waals surface area contributed by atoms with Crippen molar-refractivity contribution in [2.45, 2.75) is 111 Å². The first-order chi connectivity index (χ1) is 13.8. The molecule has 29 heavy (non-hydrogen) atoms. The molecule has 0 amide bonds. The molecule has 0 saturated heterocycles. The predicted octanol–water partition coefficient (Wildman–Crippen LogP) is 6.09. The Morgan fingerprint density at radius 1 is 1.14 bits per heavy atom. The number of unbranched alkanes of at least 4 members (excludes halogenated alkanes) is 3. The Morgan fingerprint density at radius 2 is 1.90 bits per heavy atom. The van der Waals surface area contributed by atoms with E-state index in [0.29, 0.717) is 30.6 Å². The summed E-state index contributed by atoms with van der Waals surface area (Å²) in [5.41, 5.74) is -0.0435. The van der Waals surface area contributed by atoms with Crippen molar-refractivity contribution in [1.29, 1.82) is 0 Å². The van der Waals surface area contributed by atoms with E-state index in [0.717, 1.165) is 57.8 Å². The van der Waals surface area contributed by atoms with E-state index in [-0.39, 0.29) is 23.9 Å². The summed E-state index contributed by atoms with van der Waals surface area (Å²) in [5, 5.41) is 9.66. The minimum absolute atomic E-state index is 0.0435. The van der Waals surface area contributed by atoms with Gasteiger partial charge in [0.2, 0.25) is 0 Å². The van der Waals surface area contributed by atoms with Crippen LogP contribution in [0.5, 0.6) is 0 Å². The van der Waals surface area contributed by atoms with Gasteiger partial charge in [0.15, 0.2) is 0 Å². The lowest BCUT2D eigenvalue weighted by molar-refractivity contribution is -0.145. The molecule has 1 N–H and O–H groups in total. The van der Waals surface area contributed by atoms with Crippen LogP contribution in [-0.2, 0) is 14.3 Å². The van der Waals surface area contributed by atoms with Crippen molar-refractivity contribution in [2.24, 2.45) is 23.2 Å². The van der Waals surface area contributed by atoms with Gasteiger partial charge in [0.05, 0.1) is 13.0 Å². The van der Waals surface area contributed by atoms with Crippen LogP contribution in [0.15, 0.2) is 0 Å². The maximum atomic E-state index is 12.4. The lowest BCUT2D eigenvalue weighted by Gasteiger charge is -2.24. The number of rotatable bonds is 16. The summed E-state index contributed by atoms with van der Waals surface area (Å²) in [6.45, 7) is 9.02. The van der Waals surface area contributed by atoms with Gasteiger partial charge in [-0.25, -0.2) is 0 Å². The van der Waals surface area contributed by atoms with E-state index >= 15 is 0 Å². The molecule has 170 valence electrons. The first-order valence-corrected chi connectivity index (χ1v) is 12.1. The lowest BCUT2D eigenvalue weighted by atomic mass is 9.81. The van der Waals surface area contributed by atoms with Gasteiger partial charge in [-0.1, -0.05) is 52.9 Å². The highest BCUT2D eigenvalue weighted by molar-refractivity contribution is 5.83. The molecule has 0 heterocycles. The predicted molar refractivity (Wildman–Crippen MR) is 119 cm³/mol. The zero-order chi connectivity index (χ0) is 21.7. The van der Waals surface area contributed by atoms with Crippen molar-refractivity contribution in [2.75, 3.05) is 13.2 Å². The molecule has 0 aromatic rings. The van der Waals surface area contributed by atoms with Crippen LogP contribution in [0, 0.1) is 23.2 Å². The molecule has 1 aliphatic rings. The van der Waals surface area contributed by atoms with Crippen molar-refractivity contribution >= 4 is 11.8 Å². The molecule has 4 heteroatoms. The van der Waals surface area contributed by atoms with Crippen LogP contribution in [0.25, 0.3) is 0 Å². The number of hydrogen-bond donors (Lipinski definition) is 1. The fourth-order valence-corrected chi connectivity index (χ4v) is 4.84. The normalized spacial score (nSPS) is 20.8. The topological polar surface area (TPSA) is 63.6 Å². The van der Waals surface area contributed by atoms with Crippen LogP contribution in [0.4, 0.5) is 0 Å². The number of carbonyl (C=O) groups excluding carboxylic acids is 2. The van der Waals surface area contributed by atoms with Gasteiger partial charge >= 0.3 is 5.97 Å². The Hall–Kier alpha value is -0.900. The molecule has 0 bridgehead atoms. The summed E-state index contributed by atoms with van der Waals surface area (Å²) < 4.78 is 5.08. The maximum absolute atomic E-state index is 12.4. The SMILES string of the molecule is CCCCCC(CO)CC[C@H]1CCC(=O)[C@@H]1CCCCC(C)(C)CC(=O)OCC. The molecule has 0 aliphatic heterocycles. The molecule has 1 rings (SSSR count). The third-order valence-electron chi connectivity index (χ3n) is 6.71. The van der Waals surface area contributed by atoms with E-state index in [2.05, 4.69) is 20.8 Å². The van der Waals surface area contributed by atoms with Gasteiger partial charge in [0, 0.05) is 18.9 Å². The molecular formula is C25H46O4. The molecule has 0 aromatic carbocycles. The third kappa shape index (κ3) is 10.6. The summed E-state index contributed by atoms with van der Waals surface area (Å²) in [5.74, 6) is 1.48. The molecule has 0 spiro atoms. The number of ketones is 1. The first-order valence-electron chi connectivity index (χ1n) is 12.1. The average molecular weight is 411 g/mol. The second-order valence-electron chi connectivity index (χ2n) is 9.89. The molecule has 4 nitrogen and oxygen atoms in total. The highest BCUT2D eigenvalue weighted by Gasteiger charge is 2.34. The van der Waals surface area contributed by atoms with Gasteiger partial charge in [-0.2, -0.15) is 0 Å². The van der Waals surface area contributed by atoms with Crippen LogP contribution >= 0.6 is 0 Å². The Morgan fingerprint density at radius 3 is 2.55 bits per heavy atom. The zero-order valence-electron chi connectivity index (χ0n) is 19.5. The van der Waals surface area contributed by atoms with Crippen LogP contribution in [0.1, 0.15) is 111 Å². The van der Waals surface area contributed by atoms with Crippen LogP contribution < -0.4 is 0 Å². The highest BCUT2D eigenvalue weighted by atomic mass is 16.5. The van der Waals surface area contributed by atoms with Crippen LogP contribution in [0.2, 0.25) is 0 Å². The van der Waals surface area contributed by atoms with E-state index in [4.69, 9.17) is 4.74 Å². The highest BCUT2D eigenvalue weighted by Crippen LogP contribution is 2.38. The van der Waals surface area contributed by atoms with E-state index in [9.17, 15) is 14.7 Å². The summed E-state index contributed by atoms with van der Waals surface area (Å²) in [6.07, 6.45) is 13.2. The Balaban J connectivity index is 2.35. The van der Waals surface area contributed by atoms with Crippen molar-refractivity contribution < 1.29 is 19.4 Å². The van der Waals surface area contributed by atoms with Gasteiger partial charge in [0.25, 0.3) is 0 Å². The second-order valence-corrected chi connectivity index (χ2v) is 9.89. The number of ether oxygens (including phenoxy) is 1. The summed E-state index contributed by atoms with van der Waals surface area (Å²) in [7, 11) is 0. The van der Waals surface area contributed by atoms with Crippen LogP contribution in [0.3, 0.4) is 0 Å². The molecule has 0 aromatic heterocycles. The van der Waals surface area contributed by atoms with E-state index in [1.54, 1.807) is 0 Å². The molecule has 3 atom stereocenters. The fourth-order valence-electron chi connectivity index (χ4n) is 4.84. The first kappa shape index (κ1) is 26.1. The van der Waals surface area contributed by atoms with Gasteiger partial charge < -0.3 is 9.84 Å². The summed E-state index contributed by atoms with van der Waals surface area (Å²) in [6, 6.07) is 0. The average Bonchev–Trinajstić information content (AvgIpc) is 3.01. The van der Waals surface area contributed by atoms with Gasteiger partial charge in [0.1, 0.15) is 5.78 Å². The van der Waals surface area contributed by atoms with Crippen molar-refractivity contribution in [3.05, 3.63) is 0 Å². The largest absolute Gasteiger partial charge is 0.466 e. The Kier molecular flexibility index (Phi) is 12.8. The zero-order valence-corrected chi connectivity index (χ0v) is 19.5. The maximum Gasteiger partial charge on any atom is 0.306 e. The fraction of sp³-hybridized carbons (Fsp3) is 0.920. The number of esters is 1. The Labute approximate surface area is 179 Å². The smallest absolute Gasteiger partial charge is 0.306 e. The molecule has 1 aliphatic carbocycles. The number of carbonyl (C=O) groups is 2. The van der Waals surface area contributed by atoms with Gasteiger partial charge in [-0.3, -0.25) is 9.59 Å². The van der Waals surface area contributed by atoms with Gasteiger partial charge in [-0.05, 0) is 62.7 Å². The van der Waals surface area contributed by atoms with Crippen molar-refractivity contribution in [3.63, 3.8) is 0 Å². The number of Topliss-reactive ketones (excluding diaryl/α,β-unsaturated/α-hetero) is 1. The van der Waals surface area contributed by atoms with Gasteiger partial charge in [-0.15, -0.1) is 0 Å². The summed E-state index contributed by atoms with van der Waals surface area (Å²) >= 11 is 0. The van der Waals surface area contributed by atoms with Crippen molar-refractivity contribution in [3.8, 4) is 0 Å². The lowest BCUT2D eigenvalue weighted by Crippen LogP contribution is -2.20. The minimum atomic E-state index is -0.110. The van der Waals surface area contributed by atoms with E-state index < -0.39 is 0 Å².